The lowest BCUT2D eigenvalue weighted by Gasteiger charge is -1.02. The molecule has 0 aliphatic carbocycles. The number of isocyanates is 2. The Labute approximate surface area is 38.5 Å². The second-order valence-electron chi connectivity index (χ2n) is 0.204. The summed E-state index contributed by atoms with van der Waals surface area (Å²) < 4.78 is 0. The summed E-state index contributed by atoms with van der Waals surface area (Å²) in [5.41, 5.74) is 0. The van der Waals surface area contributed by atoms with Crippen LogP contribution in [-0.4, -0.2) is 12.2 Å². The van der Waals surface area contributed by atoms with Gasteiger partial charge in [-0.25, -0.2) is 20.4 Å². The molecule has 0 saturated heterocycles. The molecule has 0 aliphatic rings. The van der Waals surface area contributed by atoms with Gasteiger partial charge in [0, 0.05) is 0 Å². The highest BCUT2D eigenvalue weighted by Gasteiger charge is 1.04. The van der Waals surface area contributed by atoms with Crippen molar-refractivity contribution >= 4 is 12.2 Å². The van der Waals surface area contributed by atoms with Crippen LogP contribution in [0.1, 0.15) is 0 Å². The molecule has 40 valence electrons. The van der Waals surface area contributed by atoms with E-state index in [9.17, 15) is 0 Å². The summed E-state index contributed by atoms with van der Waals surface area (Å²) in [7, 11) is 0. The van der Waals surface area contributed by atoms with E-state index in [1.165, 1.54) is 0 Å². The highest BCUT2D eigenvalue weighted by Crippen LogP contribution is 0.871. The fourth-order valence-corrected chi connectivity index (χ4v) is 0. The number of hydrogen-bond donors (Lipinski definition) is 2. The molecule has 4 nitrogen and oxygen atoms in total. The molecule has 2 N–H and O–H groups in total. The lowest BCUT2D eigenvalue weighted by molar-refractivity contribution is 0.562. The number of halogens is 1. The molecule has 0 heterocycles. The van der Waals surface area contributed by atoms with Crippen LogP contribution in [0.5, 0.6) is 0 Å². The Hall–Kier alpha value is -1.31. The van der Waals surface area contributed by atoms with Crippen molar-refractivity contribution in [3.05, 3.63) is 0 Å². The van der Waals surface area contributed by atoms with E-state index in [-0.39, 0.29) is 4.70 Å². The molecule has 0 aliphatic heterocycles. The first kappa shape index (κ1) is 17.3. The van der Waals surface area contributed by atoms with Crippen molar-refractivity contribution in [2.24, 2.45) is 0 Å². The topological polar surface area (TPSA) is 81.8 Å². The molecule has 0 saturated carbocycles. The maximum Gasteiger partial charge on any atom is 0.231 e. The Balaban J connectivity index is -0.0000000400. The Morgan fingerprint density at radius 2 is 1.00 bits per heavy atom. The smallest absolute Gasteiger partial charge is 0.231 e. The first-order valence-electron chi connectivity index (χ1n) is 0.908. The number of rotatable bonds is 0. The van der Waals surface area contributed by atoms with Gasteiger partial charge in [-0.15, -0.1) is 0 Å². The molecule has 0 aromatic rings. The zero-order valence-corrected chi connectivity index (χ0v) is 3.22. The van der Waals surface area contributed by atoms with Gasteiger partial charge in [-0.3, -0.25) is 4.70 Å². The van der Waals surface area contributed by atoms with Crippen molar-refractivity contribution in [1.82, 2.24) is 0 Å². The van der Waals surface area contributed by atoms with E-state index >= 15 is 0 Å². The minimum Gasteiger partial charge on any atom is -0.269 e. The zero-order valence-electron chi connectivity index (χ0n) is 3.22. The standard InChI is InChI=1S/2CHNO.FH/c2*2-1-3;/h2*2H;1H. The SMILES string of the molecule is F.N=C=O.N=C=O. The van der Waals surface area contributed by atoms with E-state index in [4.69, 9.17) is 20.4 Å². The van der Waals surface area contributed by atoms with Gasteiger partial charge in [-0.2, -0.15) is 0 Å². The van der Waals surface area contributed by atoms with Gasteiger partial charge in [0.1, 0.15) is 0 Å². The molecule has 0 rings (SSSR count). The summed E-state index contributed by atoms with van der Waals surface area (Å²) >= 11 is 0. The molecule has 0 atom stereocenters. The first-order valence-corrected chi connectivity index (χ1v) is 0.908. The second-order valence-corrected chi connectivity index (χ2v) is 0.204. The quantitative estimate of drug-likeness (QED) is 0.335. The van der Waals surface area contributed by atoms with Crippen molar-refractivity contribution in [1.29, 1.82) is 10.8 Å². The van der Waals surface area contributed by atoms with Crippen LogP contribution in [0.15, 0.2) is 0 Å². The lowest BCUT2D eigenvalue weighted by Crippen LogP contribution is -1.16. The van der Waals surface area contributed by atoms with Gasteiger partial charge in [0.25, 0.3) is 0 Å². The van der Waals surface area contributed by atoms with Crippen molar-refractivity contribution in [3.63, 3.8) is 0 Å². The van der Waals surface area contributed by atoms with Crippen LogP contribution in [0.2, 0.25) is 0 Å². The molecule has 5 heteroatoms. The average Bonchev–Trinajstić information content (AvgIpc) is 1.39. The predicted octanol–water partition coefficient (Wildman–Crippen LogP) is -0.0456. The number of hydrogen-bond acceptors (Lipinski definition) is 4. The highest BCUT2D eigenvalue weighted by molar-refractivity contribution is 5.26. The highest BCUT2D eigenvalue weighted by atomic mass is 19.0. The maximum atomic E-state index is 8.35. The third kappa shape index (κ3) is 19.8. The van der Waals surface area contributed by atoms with E-state index in [1.807, 2.05) is 0 Å². The molecule has 0 unspecified atom stereocenters. The van der Waals surface area contributed by atoms with E-state index in [1.54, 1.807) is 0 Å². The van der Waals surface area contributed by atoms with Gasteiger partial charge in [0.05, 0.1) is 0 Å². The molecule has 0 fully saturated rings. The average molecular weight is 106 g/mol. The zero-order chi connectivity index (χ0) is 5.41. The largest absolute Gasteiger partial charge is 0.269 e. The van der Waals surface area contributed by atoms with Crippen LogP contribution in [0.4, 0.5) is 4.70 Å². The molecule has 0 aromatic heterocycles. The van der Waals surface area contributed by atoms with Crippen molar-refractivity contribution in [2.45, 2.75) is 0 Å². The summed E-state index contributed by atoms with van der Waals surface area (Å²) in [6.45, 7) is 0. The summed E-state index contributed by atoms with van der Waals surface area (Å²) in [5.74, 6) is 0. The fraction of sp³-hybridized carbons (Fsp3) is 0. The van der Waals surface area contributed by atoms with Gasteiger partial charge in [0.15, 0.2) is 0 Å². The predicted molar refractivity (Wildman–Crippen MR) is 19.3 cm³/mol. The molecule has 0 bridgehead atoms. The number of nitrogens with one attached hydrogen (secondary N) is 2. The molecule has 7 heavy (non-hydrogen) atoms. The molecule has 0 spiro atoms. The summed E-state index contributed by atoms with van der Waals surface area (Å²) in [4.78, 5) is 16.7. The third-order valence-corrected chi connectivity index (χ3v) is 0. The normalized spacial score (nSPS) is 2.29. The summed E-state index contributed by atoms with van der Waals surface area (Å²) in [5, 5.41) is 10.8. The van der Waals surface area contributed by atoms with Crippen molar-refractivity contribution in [2.75, 3.05) is 0 Å². The van der Waals surface area contributed by atoms with Crippen LogP contribution in [0.3, 0.4) is 0 Å². The van der Waals surface area contributed by atoms with Gasteiger partial charge in [-0.05, 0) is 0 Å². The van der Waals surface area contributed by atoms with Gasteiger partial charge < -0.3 is 0 Å². The van der Waals surface area contributed by atoms with Gasteiger partial charge in [-0.1, -0.05) is 0 Å². The van der Waals surface area contributed by atoms with Gasteiger partial charge in [0.2, 0.25) is 12.2 Å². The van der Waals surface area contributed by atoms with E-state index in [2.05, 4.69) is 0 Å². The van der Waals surface area contributed by atoms with Crippen LogP contribution in [-0.2, 0) is 9.59 Å². The minimum atomic E-state index is 0. The Morgan fingerprint density at radius 3 is 1.00 bits per heavy atom. The summed E-state index contributed by atoms with van der Waals surface area (Å²) in [6, 6.07) is 0. The van der Waals surface area contributed by atoms with Crippen LogP contribution < -0.4 is 0 Å². The maximum absolute atomic E-state index is 8.35. The van der Waals surface area contributed by atoms with E-state index < -0.39 is 0 Å². The minimum absolute atomic E-state index is 0. The lowest BCUT2D eigenvalue weighted by atomic mass is 11.7. The molecular formula is C2H3FN2O2. The third-order valence-electron chi connectivity index (χ3n) is 0. The Bertz CT molecular complexity index is 67.7. The van der Waals surface area contributed by atoms with Crippen LogP contribution in [0, 0.1) is 10.8 Å². The van der Waals surface area contributed by atoms with E-state index in [0.29, 0.717) is 0 Å². The molecule has 0 amide bonds. The van der Waals surface area contributed by atoms with Crippen LogP contribution >= 0.6 is 0 Å². The Kier molecular flexibility index (Phi) is 331. The molecule has 0 aromatic carbocycles. The first-order chi connectivity index (χ1) is 2.83. The fourth-order valence-electron chi connectivity index (χ4n) is 0. The molecular weight excluding hydrogens is 103 g/mol. The monoisotopic (exact) mass is 106 g/mol. The number of carbonyl (C=O) groups excluding carboxylic acids is 2. The summed E-state index contributed by atoms with van der Waals surface area (Å²) in [6.07, 6.45) is 1.50. The van der Waals surface area contributed by atoms with Gasteiger partial charge >= 0.3 is 0 Å². The van der Waals surface area contributed by atoms with Crippen molar-refractivity contribution < 1.29 is 14.3 Å². The van der Waals surface area contributed by atoms with Crippen LogP contribution in [0.25, 0.3) is 0 Å². The van der Waals surface area contributed by atoms with E-state index in [0.717, 1.165) is 12.2 Å². The molecule has 0 radical (unpaired) electrons. The second kappa shape index (κ2) is 134. The van der Waals surface area contributed by atoms with Crippen molar-refractivity contribution in [3.8, 4) is 0 Å². The Morgan fingerprint density at radius 1 is 1.00 bits per heavy atom.